The Morgan fingerprint density at radius 2 is 2.00 bits per heavy atom. The van der Waals surface area contributed by atoms with Gasteiger partial charge in [0, 0.05) is 16.1 Å². The molecule has 0 radical (unpaired) electrons. The normalized spacial score (nSPS) is 15.1. The molecule has 1 aromatic heterocycles. The summed E-state index contributed by atoms with van der Waals surface area (Å²) in [7, 11) is 0. The molecule has 7 nitrogen and oxygen atoms in total. The molecule has 0 unspecified atom stereocenters. The Balaban J connectivity index is 1.71. The van der Waals surface area contributed by atoms with E-state index in [2.05, 4.69) is 15.6 Å². The second-order valence-electron chi connectivity index (χ2n) is 6.11. The first-order chi connectivity index (χ1) is 12.4. The third-order valence-corrected chi connectivity index (χ3v) is 5.48. The summed E-state index contributed by atoms with van der Waals surface area (Å²) in [6.07, 6.45) is 0.742. The van der Waals surface area contributed by atoms with Crippen LogP contribution < -0.4 is 15.5 Å². The fraction of sp³-hybridized carbons (Fsp3) is 0.333. The molecule has 26 heavy (non-hydrogen) atoms. The summed E-state index contributed by atoms with van der Waals surface area (Å²) in [6, 6.07) is 6.02. The fourth-order valence-corrected chi connectivity index (χ4v) is 3.73. The van der Waals surface area contributed by atoms with Gasteiger partial charge in [-0.05, 0) is 44.5 Å². The van der Waals surface area contributed by atoms with E-state index in [1.807, 2.05) is 20.8 Å². The molecule has 2 N–H and O–H groups in total. The van der Waals surface area contributed by atoms with Gasteiger partial charge in [-0.1, -0.05) is 6.92 Å². The monoisotopic (exact) mass is 372 g/mol. The fourth-order valence-electron chi connectivity index (χ4n) is 2.67. The Morgan fingerprint density at radius 3 is 2.50 bits per heavy atom. The van der Waals surface area contributed by atoms with Crippen LogP contribution in [0.2, 0.25) is 0 Å². The summed E-state index contributed by atoms with van der Waals surface area (Å²) < 4.78 is 0. The van der Waals surface area contributed by atoms with E-state index in [4.69, 9.17) is 0 Å². The molecule has 8 heteroatoms. The van der Waals surface area contributed by atoms with Gasteiger partial charge < -0.3 is 5.32 Å². The maximum absolute atomic E-state index is 12.5. The lowest BCUT2D eigenvalue weighted by Crippen LogP contribution is -2.29. The largest absolute Gasteiger partial charge is 0.343 e. The van der Waals surface area contributed by atoms with Crippen LogP contribution in [0.4, 0.5) is 10.5 Å². The Morgan fingerprint density at radius 1 is 1.31 bits per heavy atom. The van der Waals surface area contributed by atoms with Gasteiger partial charge in [0.15, 0.2) is 0 Å². The summed E-state index contributed by atoms with van der Waals surface area (Å²) in [5.41, 5.74) is 2.05. The van der Waals surface area contributed by atoms with Gasteiger partial charge in [0.25, 0.3) is 5.91 Å². The van der Waals surface area contributed by atoms with E-state index in [1.54, 1.807) is 35.6 Å². The number of carbonyl (C=O) groups is 3. The molecule has 1 atom stereocenters. The van der Waals surface area contributed by atoms with Crippen LogP contribution in [0.1, 0.15) is 45.3 Å². The number of hydrogen-bond acceptors (Lipinski definition) is 5. The molecule has 2 heterocycles. The van der Waals surface area contributed by atoms with E-state index in [0.29, 0.717) is 11.3 Å². The molecular formula is C18H20N4O3S. The van der Waals surface area contributed by atoms with Crippen LogP contribution in [-0.2, 0) is 4.79 Å². The summed E-state index contributed by atoms with van der Waals surface area (Å²) in [4.78, 5) is 42.5. The van der Waals surface area contributed by atoms with Crippen molar-refractivity contribution in [2.24, 2.45) is 0 Å². The van der Waals surface area contributed by atoms with E-state index in [-0.39, 0.29) is 24.4 Å². The second kappa shape index (κ2) is 7.25. The Kier molecular flexibility index (Phi) is 5.03. The maximum Gasteiger partial charge on any atom is 0.329 e. The van der Waals surface area contributed by atoms with E-state index >= 15 is 0 Å². The van der Waals surface area contributed by atoms with Gasteiger partial charge in [-0.25, -0.2) is 9.78 Å². The minimum absolute atomic E-state index is 0.00889. The zero-order chi connectivity index (χ0) is 18.8. The number of aryl methyl sites for hydroxylation is 2. The van der Waals surface area contributed by atoms with Crippen molar-refractivity contribution in [1.82, 2.24) is 15.6 Å². The molecule has 136 valence electrons. The van der Waals surface area contributed by atoms with Crippen LogP contribution in [-0.4, -0.2) is 29.4 Å². The predicted molar refractivity (Wildman–Crippen MR) is 99.4 cm³/mol. The molecule has 1 saturated heterocycles. The highest BCUT2D eigenvalue weighted by Crippen LogP contribution is 2.25. The van der Waals surface area contributed by atoms with Crippen molar-refractivity contribution in [3.63, 3.8) is 0 Å². The molecule has 1 aliphatic heterocycles. The van der Waals surface area contributed by atoms with Crippen molar-refractivity contribution in [2.75, 3.05) is 11.4 Å². The van der Waals surface area contributed by atoms with Gasteiger partial charge in [-0.15, -0.1) is 11.3 Å². The molecule has 4 amide bonds. The van der Waals surface area contributed by atoms with Crippen molar-refractivity contribution in [3.05, 3.63) is 45.4 Å². The number of aromatic nitrogens is 1. The zero-order valence-electron chi connectivity index (χ0n) is 14.8. The van der Waals surface area contributed by atoms with Crippen molar-refractivity contribution in [1.29, 1.82) is 0 Å². The summed E-state index contributed by atoms with van der Waals surface area (Å²) in [5.74, 6) is -0.535. The molecule has 3 rings (SSSR count). The van der Waals surface area contributed by atoms with Crippen molar-refractivity contribution < 1.29 is 14.4 Å². The molecular weight excluding hydrogens is 352 g/mol. The topological polar surface area (TPSA) is 91.4 Å². The smallest absolute Gasteiger partial charge is 0.329 e. The molecule has 1 fully saturated rings. The first-order valence-electron chi connectivity index (χ1n) is 8.35. The molecule has 0 spiro atoms. The predicted octanol–water partition coefficient (Wildman–Crippen LogP) is 2.70. The molecule has 1 aromatic carbocycles. The quantitative estimate of drug-likeness (QED) is 0.790. The highest BCUT2D eigenvalue weighted by Gasteiger charge is 2.28. The summed E-state index contributed by atoms with van der Waals surface area (Å²) >= 11 is 1.60. The SMILES string of the molecule is CC[C@@H](NC(=O)c1ccc(N2CC(=O)NC2=O)cc1)c1nc(C)c(C)s1. The number of thiazole rings is 1. The third kappa shape index (κ3) is 3.60. The number of nitrogens with one attached hydrogen (secondary N) is 2. The average Bonchev–Trinajstić information content (AvgIpc) is 3.13. The number of rotatable bonds is 5. The number of anilines is 1. The van der Waals surface area contributed by atoms with Crippen LogP contribution in [0.3, 0.4) is 0 Å². The van der Waals surface area contributed by atoms with E-state index < -0.39 is 6.03 Å². The second-order valence-corrected chi connectivity index (χ2v) is 7.35. The van der Waals surface area contributed by atoms with E-state index in [9.17, 15) is 14.4 Å². The van der Waals surface area contributed by atoms with Crippen molar-refractivity contribution in [2.45, 2.75) is 33.2 Å². The number of amides is 4. The number of imide groups is 1. The molecule has 0 bridgehead atoms. The van der Waals surface area contributed by atoms with Crippen LogP contribution in [0.5, 0.6) is 0 Å². The number of benzene rings is 1. The van der Waals surface area contributed by atoms with Crippen LogP contribution in [0.25, 0.3) is 0 Å². The zero-order valence-corrected chi connectivity index (χ0v) is 15.6. The van der Waals surface area contributed by atoms with Crippen molar-refractivity contribution >= 4 is 34.9 Å². The van der Waals surface area contributed by atoms with Crippen LogP contribution in [0.15, 0.2) is 24.3 Å². The number of hydrogen-bond donors (Lipinski definition) is 2. The lowest BCUT2D eigenvalue weighted by Gasteiger charge is -2.16. The van der Waals surface area contributed by atoms with Gasteiger partial charge >= 0.3 is 6.03 Å². The minimum Gasteiger partial charge on any atom is -0.343 e. The minimum atomic E-state index is -0.451. The standard InChI is InChI=1S/C18H20N4O3S/c1-4-14(17-19-10(2)11(3)26-17)20-16(24)12-5-7-13(8-6-12)22-9-15(23)21-18(22)25/h5-8,14H,4,9H2,1-3H3,(H,20,24)(H,21,23,25)/t14-/m1/s1. The first kappa shape index (κ1) is 18.1. The van der Waals surface area contributed by atoms with Gasteiger partial charge in [-0.3, -0.25) is 19.8 Å². The lowest BCUT2D eigenvalue weighted by molar-refractivity contribution is -0.117. The molecule has 0 saturated carbocycles. The first-order valence-corrected chi connectivity index (χ1v) is 9.17. The van der Waals surface area contributed by atoms with E-state index in [0.717, 1.165) is 22.0 Å². The number of urea groups is 1. The van der Waals surface area contributed by atoms with Gasteiger partial charge in [0.05, 0.1) is 11.7 Å². The Bertz CT molecular complexity index is 840. The summed E-state index contributed by atoms with van der Waals surface area (Å²) in [6.45, 7) is 5.97. The maximum atomic E-state index is 12.5. The molecule has 1 aliphatic rings. The highest BCUT2D eigenvalue weighted by molar-refractivity contribution is 7.11. The van der Waals surface area contributed by atoms with Gasteiger partial charge in [0.1, 0.15) is 11.6 Å². The Hall–Kier alpha value is -2.74. The highest BCUT2D eigenvalue weighted by atomic mass is 32.1. The van der Waals surface area contributed by atoms with Gasteiger partial charge in [0.2, 0.25) is 5.91 Å². The van der Waals surface area contributed by atoms with E-state index in [1.165, 1.54) is 4.90 Å². The Labute approximate surface area is 155 Å². The number of nitrogens with zero attached hydrogens (tertiary/aromatic N) is 2. The van der Waals surface area contributed by atoms with Crippen LogP contribution in [0, 0.1) is 13.8 Å². The van der Waals surface area contributed by atoms with Crippen LogP contribution >= 0.6 is 11.3 Å². The molecule has 2 aromatic rings. The average molecular weight is 372 g/mol. The van der Waals surface area contributed by atoms with Gasteiger partial charge in [-0.2, -0.15) is 0 Å². The van der Waals surface area contributed by atoms with Crippen molar-refractivity contribution in [3.8, 4) is 0 Å². The lowest BCUT2D eigenvalue weighted by atomic mass is 10.1. The third-order valence-electron chi connectivity index (χ3n) is 4.29. The molecule has 0 aliphatic carbocycles. The number of carbonyl (C=O) groups excluding carboxylic acids is 3. The summed E-state index contributed by atoms with van der Waals surface area (Å²) in [5, 5.41) is 6.13.